The van der Waals surface area contributed by atoms with E-state index in [1.807, 2.05) is 25.1 Å². The van der Waals surface area contributed by atoms with Crippen molar-refractivity contribution in [3.63, 3.8) is 0 Å². The number of rotatable bonds is 6. The maximum Gasteiger partial charge on any atom is 0.124 e. The van der Waals surface area contributed by atoms with E-state index in [0.717, 1.165) is 11.1 Å². The molecular formula is C14H22O3. The Morgan fingerprint density at radius 1 is 1.24 bits per heavy atom. The minimum absolute atomic E-state index is 0.304. The molecule has 3 heteroatoms. The minimum atomic E-state index is -0.636. The Kier molecular flexibility index (Phi) is 5.45. The summed E-state index contributed by atoms with van der Waals surface area (Å²) in [7, 11) is 1.61. The van der Waals surface area contributed by atoms with Crippen LogP contribution >= 0.6 is 0 Å². The predicted octanol–water partition coefficient (Wildman–Crippen LogP) is 2.71. The molecule has 0 heterocycles. The lowest BCUT2D eigenvalue weighted by Crippen LogP contribution is -2.11. The van der Waals surface area contributed by atoms with Crippen molar-refractivity contribution in [1.82, 2.24) is 0 Å². The van der Waals surface area contributed by atoms with Crippen LogP contribution in [0.5, 0.6) is 5.75 Å². The molecule has 1 N–H and O–H groups in total. The van der Waals surface area contributed by atoms with Crippen LogP contribution in [0.15, 0.2) is 18.2 Å². The van der Waals surface area contributed by atoms with Gasteiger partial charge in [-0.1, -0.05) is 25.5 Å². The van der Waals surface area contributed by atoms with Gasteiger partial charge < -0.3 is 14.6 Å². The molecule has 0 radical (unpaired) electrons. The minimum Gasteiger partial charge on any atom is -0.496 e. The van der Waals surface area contributed by atoms with Gasteiger partial charge >= 0.3 is 0 Å². The number of benzene rings is 1. The van der Waals surface area contributed by atoms with Crippen LogP contribution < -0.4 is 4.74 Å². The first kappa shape index (κ1) is 14.0. The summed E-state index contributed by atoms with van der Waals surface area (Å²) in [5.41, 5.74) is 1.89. The second-order valence-electron chi connectivity index (χ2n) is 4.69. The summed E-state index contributed by atoms with van der Waals surface area (Å²) in [5.74, 6) is 1.18. The van der Waals surface area contributed by atoms with Crippen molar-refractivity contribution >= 4 is 0 Å². The highest BCUT2D eigenvalue weighted by Crippen LogP contribution is 2.26. The number of hydrogen-bond acceptors (Lipinski definition) is 3. The highest BCUT2D eigenvalue weighted by atomic mass is 16.5. The van der Waals surface area contributed by atoms with Crippen molar-refractivity contribution in [2.75, 3.05) is 20.3 Å². The van der Waals surface area contributed by atoms with Crippen molar-refractivity contribution in [2.24, 2.45) is 5.92 Å². The number of ether oxygens (including phenoxy) is 2. The molecular weight excluding hydrogens is 216 g/mol. The smallest absolute Gasteiger partial charge is 0.124 e. The zero-order chi connectivity index (χ0) is 12.8. The fourth-order valence-corrected chi connectivity index (χ4v) is 1.62. The Balaban J connectivity index is 2.66. The molecule has 1 atom stereocenters. The third kappa shape index (κ3) is 4.36. The zero-order valence-electron chi connectivity index (χ0n) is 11.1. The number of aliphatic hydroxyl groups is 1. The Morgan fingerprint density at radius 2 is 1.94 bits per heavy atom. The first-order valence-corrected chi connectivity index (χ1v) is 5.95. The summed E-state index contributed by atoms with van der Waals surface area (Å²) in [4.78, 5) is 0. The van der Waals surface area contributed by atoms with Gasteiger partial charge in [-0.3, -0.25) is 0 Å². The molecule has 3 nitrogen and oxygen atoms in total. The van der Waals surface area contributed by atoms with Crippen molar-refractivity contribution in [2.45, 2.75) is 26.9 Å². The lowest BCUT2D eigenvalue weighted by molar-refractivity contribution is 0.0239. The van der Waals surface area contributed by atoms with Crippen molar-refractivity contribution in [1.29, 1.82) is 0 Å². The maximum atomic E-state index is 10.1. The molecule has 1 rings (SSSR count). The molecule has 0 saturated carbocycles. The van der Waals surface area contributed by atoms with E-state index in [2.05, 4.69) is 13.8 Å². The second-order valence-corrected chi connectivity index (χ2v) is 4.69. The largest absolute Gasteiger partial charge is 0.496 e. The third-order valence-corrected chi connectivity index (χ3v) is 2.47. The van der Waals surface area contributed by atoms with E-state index in [-0.39, 0.29) is 0 Å². The summed E-state index contributed by atoms with van der Waals surface area (Å²) in [6.45, 7) is 7.12. The van der Waals surface area contributed by atoms with Crippen LogP contribution in [0.1, 0.15) is 31.1 Å². The Bertz CT molecular complexity index is 347. The number of hydrogen-bond donors (Lipinski definition) is 1. The van der Waals surface area contributed by atoms with Crippen molar-refractivity contribution < 1.29 is 14.6 Å². The van der Waals surface area contributed by atoms with Gasteiger partial charge in [0, 0.05) is 12.2 Å². The predicted molar refractivity (Wildman–Crippen MR) is 68.3 cm³/mol. The highest BCUT2D eigenvalue weighted by molar-refractivity contribution is 5.38. The topological polar surface area (TPSA) is 38.7 Å². The van der Waals surface area contributed by atoms with E-state index in [1.165, 1.54) is 0 Å². The van der Waals surface area contributed by atoms with Crippen LogP contribution in [0.3, 0.4) is 0 Å². The first-order chi connectivity index (χ1) is 8.04. The van der Waals surface area contributed by atoms with Crippen LogP contribution in [0, 0.1) is 12.8 Å². The number of aliphatic hydroxyl groups excluding tert-OH is 1. The second kappa shape index (κ2) is 6.62. The maximum absolute atomic E-state index is 10.1. The van der Waals surface area contributed by atoms with Crippen LogP contribution in [0.25, 0.3) is 0 Å². The van der Waals surface area contributed by atoms with Crippen LogP contribution in [0.4, 0.5) is 0 Å². The van der Waals surface area contributed by atoms with E-state index in [4.69, 9.17) is 9.47 Å². The van der Waals surface area contributed by atoms with E-state index in [0.29, 0.717) is 24.9 Å². The lowest BCUT2D eigenvalue weighted by Gasteiger charge is -2.16. The van der Waals surface area contributed by atoms with Crippen LogP contribution in [-0.4, -0.2) is 25.4 Å². The number of methoxy groups -OCH3 is 1. The molecule has 0 amide bonds. The summed E-state index contributed by atoms with van der Waals surface area (Å²) in [6.07, 6.45) is -0.636. The molecule has 0 saturated heterocycles. The summed E-state index contributed by atoms with van der Waals surface area (Å²) in [5, 5.41) is 10.1. The summed E-state index contributed by atoms with van der Waals surface area (Å²) >= 11 is 0. The van der Waals surface area contributed by atoms with E-state index in [1.54, 1.807) is 7.11 Å². The Labute approximate surface area is 103 Å². The van der Waals surface area contributed by atoms with Gasteiger partial charge in [0.25, 0.3) is 0 Å². The molecule has 0 bridgehead atoms. The Morgan fingerprint density at radius 3 is 2.53 bits per heavy atom. The molecule has 1 aromatic rings. The van der Waals surface area contributed by atoms with E-state index < -0.39 is 6.10 Å². The van der Waals surface area contributed by atoms with Gasteiger partial charge in [-0.15, -0.1) is 0 Å². The van der Waals surface area contributed by atoms with Gasteiger partial charge in [0.05, 0.1) is 13.7 Å². The van der Waals surface area contributed by atoms with Crippen molar-refractivity contribution in [3.8, 4) is 5.75 Å². The zero-order valence-corrected chi connectivity index (χ0v) is 11.1. The van der Waals surface area contributed by atoms with E-state index in [9.17, 15) is 5.11 Å². The molecule has 0 aliphatic rings. The van der Waals surface area contributed by atoms with Gasteiger partial charge in [0.15, 0.2) is 0 Å². The molecule has 1 aromatic carbocycles. The summed E-state index contributed by atoms with van der Waals surface area (Å²) in [6, 6.07) is 5.77. The lowest BCUT2D eigenvalue weighted by atomic mass is 10.1. The van der Waals surface area contributed by atoms with Crippen molar-refractivity contribution in [3.05, 3.63) is 29.3 Å². The Hall–Kier alpha value is -1.06. The number of aryl methyl sites for hydroxylation is 1. The molecule has 96 valence electrons. The van der Waals surface area contributed by atoms with Gasteiger partial charge in [-0.2, -0.15) is 0 Å². The van der Waals surface area contributed by atoms with E-state index >= 15 is 0 Å². The van der Waals surface area contributed by atoms with Gasteiger partial charge in [-0.25, -0.2) is 0 Å². The molecule has 1 unspecified atom stereocenters. The molecule has 0 spiro atoms. The quantitative estimate of drug-likeness (QED) is 0.828. The van der Waals surface area contributed by atoms with Crippen LogP contribution in [0.2, 0.25) is 0 Å². The standard InChI is InChI=1S/C14H22O3/c1-10(2)8-17-9-13(15)12-7-11(3)5-6-14(12)16-4/h5-7,10,13,15H,8-9H2,1-4H3. The first-order valence-electron chi connectivity index (χ1n) is 5.95. The van der Waals surface area contributed by atoms with Gasteiger partial charge in [-0.05, 0) is 25.0 Å². The SMILES string of the molecule is COc1ccc(C)cc1C(O)COCC(C)C. The average molecular weight is 238 g/mol. The normalized spacial score (nSPS) is 12.8. The fraction of sp³-hybridized carbons (Fsp3) is 0.571. The highest BCUT2D eigenvalue weighted by Gasteiger charge is 2.13. The third-order valence-electron chi connectivity index (χ3n) is 2.47. The summed E-state index contributed by atoms with van der Waals surface area (Å²) < 4.78 is 10.7. The fourth-order valence-electron chi connectivity index (χ4n) is 1.62. The molecule has 0 aliphatic carbocycles. The molecule has 0 aliphatic heterocycles. The van der Waals surface area contributed by atoms with Gasteiger partial charge in [0.2, 0.25) is 0 Å². The van der Waals surface area contributed by atoms with Gasteiger partial charge in [0.1, 0.15) is 11.9 Å². The van der Waals surface area contributed by atoms with Crippen LogP contribution in [-0.2, 0) is 4.74 Å². The average Bonchev–Trinajstić information content (AvgIpc) is 2.28. The molecule has 0 aromatic heterocycles. The molecule has 17 heavy (non-hydrogen) atoms. The monoisotopic (exact) mass is 238 g/mol. The molecule has 0 fully saturated rings.